The summed E-state index contributed by atoms with van der Waals surface area (Å²) in [6, 6.07) is 8.92. The number of nitrogens with zero attached hydrogens (tertiary/aromatic N) is 3. The summed E-state index contributed by atoms with van der Waals surface area (Å²) in [4.78, 5) is 5.34. The van der Waals surface area contributed by atoms with E-state index in [4.69, 9.17) is 24.0 Å². The molecular formula is C24H27N3O5S. The molecular weight excluding hydrogens is 442 g/mol. The average Bonchev–Trinajstić information content (AvgIpc) is 3.23. The molecule has 0 radical (unpaired) electrons. The van der Waals surface area contributed by atoms with Gasteiger partial charge in [0.25, 0.3) is 0 Å². The fraction of sp³-hybridized carbons (Fsp3) is 0.250. The maximum atomic E-state index is 10.2. The van der Waals surface area contributed by atoms with Gasteiger partial charge in [0.2, 0.25) is 10.6 Å². The quantitative estimate of drug-likeness (QED) is 0.373. The molecule has 0 atom stereocenters. The van der Waals surface area contributed by atoms with Crippen LogP contribution in [0.1, 0.15) is 12.5 Å². The third-order valence-electron chi connectivity index (χ3n) is 4.68. The summed E-state index contributed by atoms with van der Waals surface area (Å²) in [7, 11) is 6.19. The smallest absolute Gasteiger partial charge is 0.206 e. The summed E-state index contributed by atoms with van der Waals surface area (Å²) < 4.78 is 23.2. The average molecular weight is 470 g/mol. The van der Waals surface area contributed by atoms with Crippen LogP contribution in [-0.4, -0.2) is 51.0 Å². The molecule has 33 heavy (non-hydrogen) atoms. The first-order valence-electron chi connectivity index (χ1n) is 9.99. The van der Waals surface area contributed by atoms with E-state index < -0.39 is 0 Å². The van der Waals surface area contributed by atoms with E-state index in [9.17, 15) is 5.11 Å². The van der Waals surface area contributed by atoms with E-state index in [1.165, 1.54) is 25.6 Å². The number of methoxy groups -OCH3 is 4. The molecule has 0 spiro atoms. The molecule has 0 aliphatic carbocycles. The number of phenols is 1. The highest BCUT2D eigenvalue weighted by Gasteiger charge is 2.15. The highest BCUT2D eigenvalue weighted by atomic mass is 32.1. The van der Waals surface area contributed by atoms with Gasteiger partial charge in [-0.2, -0.15) is 5.10 Å². The van der Waals surface area contributed by atoms with E-state index in [2.05, 4.69) is 11.6 Å². The van der Waals surface area contributed by atoms with Gasteiger partial charge in [-0.15, -0.1) is 11.3 Å². The van der Waals surface area contributed by atoms with Crippen molar-refractivity contribution in [2.45, 2.75) is 6.92 Å². The Bertz CT molecular complexity index is 1220. The van der Waals surface area contributed by atoms with E-state index in [0.29, 0.717) is 28.4 Å². The summed E-state index contributed by atoms with van der Waals surface area (Å²) in [6.45, 7) is 6.33. The van der Waals surface area contributed by atoms with E-state index in [1.807, 2.05) is 30.5 Å². The Morgan fingerprint density at radius 2 is 1.70 bits per heavy atom. The zero-order valence-electron chi connectivity index (χ0n) is 19.3. The Morgan fingerprint density at radius 3 is 2.27 bits per heavy atom. The molecule has 9 heteroatoms. The lowest BCUT2D eigenvalue weighted by molar-refractivity contribution is 0.340. The Hall–Kier alpha value is -3.72. The van der Waals surface area contributed by atoms with Crippen LogP contribution in [0.4, 0.5) is 0 Å². The normalized spacial score (nSPS) is 11.6. The predicted octanol–water partition coefficient (Wildman–Crippen LogP) is 4.32. The molecule has 0 amide bonds. The van der Waals surface area contributed by atoms with Gasteiger partial charge in [-0.3, -0.25) is 4.99 Å². The van der Waals surface area contributed by atoms with Gasteiger partial charge in [0, 0.05) is 16.5 Å². The van der Waals surface area contributed by atoms with Crippen molar-refractivity contribution in [3.63, 3.8) is 0 Å². The highest BCUT2D eigenvalue weighted by Crippen LogP contribution is 2.37. The van der Waals surface area contributed by atoms with E-state index in [-0.39, 0.29) is 17.2 Å². The summed E-state index contributed by atoms with van der Waals surface area (Å²) >= 11 is 1.45. The Morgan fingerprint density at radius 1 is 1.03 bits per heavy atom. The van der Waals surface area contributed by atoms with Crippen LogP contribution in [0.2, 0.25) is 0 Å². The Balaban J connectivity index is 2.18. The minimum Gasteiger partial charge on any atom is -0.502 e. The summed E-state index contributed by atoms with van der Waals surface area (Å²) in [5.41, 5.74) is 3.20. The van der Waals surface area contributed by atoms with Gasteiger partial charge in [-0.25, -0.2) is 4.68 Å². The van der Waals surface area contributed by atoms with Gasteiger partial charge in [-0.1, -0.05) is 12.2 Å². The SMILES string of the molecule is C=C(C)CN=c1scc(-c2cc(OC)ccc2OC)n1N=Cc1cc(OC)c(O)c(OC)c1. The van der Waals surface area contributed by atoms with Crippen molar-refractivity contribution >= 4 is 17.6 Å². The van der Waals surface area contributed by atoms with Crippen LogP contribution in [0.5, 0.6) is 28.7 Å². The minimum atomic E-state index is -0.0701. The molecule has 3 rings (SSSR count). The molecule has 1 heterocycles. The second-order valence-corrected chi connectivity index (χ2v) is 7.91. The number of hydrogen-bond donors (Lipinski definition) is 1. The maximum Gasteiger partial charge on any atom is 0.206 e. The van der Waals surface area contributed by atoms with Gasteiger partial charge in [-0.05, 0) is 37.3 Å². The van der Waals surface area contributed by atoms with Crippen molar-refractivity contribution < 1.29 is 24.1 Å². The van der Waals surface area contributed by atoms with Gasteiger partial charge >= 0.3 is 0 Å². The fourth-order valence-electron chi connectivity index (χ4n) is 3.03. The molecule has 8 nitrogen and oxygen atoms in total. The van der Waals surface area contributed by atoms with Crippen molar-refractivity contribution in [1.29, 1.82) is 0 Å². The van der Waals surface area contributed by atoms with Crippen LogP contribution < -0.4 is 23.7 Å². The molecule has 2 aromatic carbocycles. The van der Waals surface area contributed by atoms with Gasteiger partial charge in [0.15, 0.2) is 11.5 Å². The monoisotopic (exact) mass is 469 g/mol. The first-order valence-corrected chi connectivity index (χ1v) is 10.9. The summed E-state index contributed by atoms with van der Waals surface area (Å²) in [5.74, 6) is 1.87. The first-order chi connectivity index (χ1) is 15.9. The fourth-order valence-corrected chi connectivity index (χ4v) is 3.86. The third-order valence-corrected chi connectivity index (χ3v) is 5.53. The van der Waals surface area contributed by atoms with Crippen molar-refractivity contribution in [1.82, 2.24) is 4.68 Å². The van der Waals surface area contributed by atoms with Crippen molar-refractivity contribution in [3.05, 3.63) is 58.2 Å². The van der Waals surface area contributed by atoms with Crippen molar-refractivity contribution in [3.8, 4) is 40.0 Å². The van der Waals surface area contributed by atoms with Crippen LogP contribution in [0.15, 0.2) is 58.0 Å². The number of benzene rings is 2. The third kappa shape index (κ3) is 5.38. The highest BCUT2D eigenvalue weighted by molar-refractivity contribution is 7.07. The molecule has 0 aliphatic rings. The van der Waals surface area contributed by atoms with E-state index in [0.717, 1.165) is 16.8 Å². The number of ether oxygens (including phenoxy) is 4. The lowest BCUT2D eigenvalue weighted by Crippen LogP contribution is -2.13. The molecule has 0 bridgehead atoms. The second-order valence-electron chi connectivity index (χ2n) is 7.07. The van der Waals surface area contributed by atoms with Crippen LogP contribution in [0.3, 0.4) is 0 Å². The zero-order chi connectivity index (χ0) is 24.0. The van der Waals surface area contributed by atoms with Crippen LogP contribution >= 0.6 is 11.3 Å². The minimum absolute atomic E-state index is 0.0701. The molecule has 3 aromatic rings. The molecule has 1 aromatic heterocycles. The first kappa shape index (κ1) is 23.9. The van der Waals surface area contributed by atoms with E-state index in [1.54, 1.807) is 37.2 Å². The lowest BCUT2D eigenvalue weighted by atomic mass is 10.1. The molecule has 0 unspecified atom stereocenters. The standard InChI is InChI=1S/C24H27N3O5S/c1-15(2)12-25-24-27(26-13-16-9-21(31-5)23(28)22(10-16)32-6)19(14-33-24)18-11-17(29-3)7-8-20(18)30-4/h7-11,13-14,28H,1,12H2,2-6H3. The number of aromatic nitrogens is 1. The van der Waals surface area contributed by atoms with Crippen LogP contribution in [0.25, 0.3) is 11.3 Å². The topological polar surface area (TPSA) is 86.8 Å². The van der Waals surface area contributed by atoms with Crippen molar-refractivity contribution in [2.24, 2.45) is 10.1 Å². The van der Waals surface area contributed by atoms with Gasteiger partial charge in [0.05, 0.1) is 46.9 Å². The lowest BCUT2D eigenvalue weighted by Gasteiger charge is -2.11. The van der Waals surface area contributed by atoms with Gasteiger partial charge < -0.3 is 24.1 Å². The predicted molar refractivity (Wildman–Crippen MR) is 130 cm³/mol. The molecule has 0 saturated carbocycles. The Labute approximate surface area is 196 Å². The molecule has 1 N–H and O–H groups in total. The number of thiazole rings is 1. The molecule has 0 saturated heterocycles. The summed E-state index contributed by atoms with van der Waals surface area (Å²) in [6.07, 6.45) is 1.65. The number of rotatable bonds is 9. The van der Waals surface area contributed by atoms with Crippen molar-refractivity contribution in [2.75, 3.05) is 35.0 Å². The Kier molecular flexibility index (Phi) is 7.78. The summed E-state index contributed by atoms with van der Waals surface area (Å²) in [5, 5.41) is 16.8. The second kappa shape index (κ2) is 10.7. The number of aromatic hydroxyl groups is 1. The molecule has 0 aliphatic heterocycles. The van der Waals surface area contributed by atoms with Crippen LogP contribution in [-0.2, 0) is 0 Å². The van der Waals surface area contributed by atoms with Crippen LogP contribution in [0, 0.1) is 0 Å². The van der Waals surface area contributed by atoms with E-state index >= 15 is 0 Å². The van der Waals surface area contributed by atoms with Gasteiger partial charge in [0.1, 0.15) is 11.5 Å². The number of phenolic OH excluding ortho intramolecular Hbond substituents is 1. The molecule has 0 fully saturated rings. The largest absolute Gasteiger partial charge is 0.502 e. The molecule has 174 valence electrons. The zero-order valence-corrected chi connectivity index (χ0v) is 20.1. The maximum absolute atomic E-state index is 10.2. The number of hydrogen-bond acceptors (Lipinski definition) is 8.